The molecule has 0 heterocycles. The van der Waals surface area contributed by atoms with E-state index in [9.17, 15) is 18.0 Å². The van der Waals surface area contributed by atoms with Crippen molar-refractivity contribution in [3.05, 3.63) is 52.8 Å². The highest BCUT2D eigenvalue weighted by Crippen LogP contribution is 2.28. The van der Waals surface area contributed by atoms with Crippen molar-refractivity contribution in [1.29, 1.82) is 0 Å². The number of hydrogen-bond acceptors (Lipinski definition) is 3. The maximum atomic E-state index is 13.6. The number of benzene rings is 2. The monoisotopic (exact) mass is 296 g/mol. The maximum Gasteiger partial charge on any atom is 0.337 e. The zero-order valence-electron chi connectivity index (χ0n) is 10.9. The van der Waals surface area contributed by atoms with E-state index < -0.39 is 29.1 Å². The Hall–Kier alpha value is -2.70. The fourth-order valence-electron chi connectivity index (χ4n) is 1.85. The lowest BCUT2D eigenvalue weighted by molar-refractivity contribution is 0.0698. The SMILES string of the molecule is Cc1cc(Nc2c(F)cc(F)cc2F)cc(C(=O)O)c1N. The molecule has 0 aliphatic heterocycles. The van der Waals surface area contributed by atoms with E-state index in [2.05, 4.69) is 5.32 Å². The van der Waals surface area contributed by atoms with Crippen LogP contribution in [0.15, 0.2) is 24.3 Å². The summed E-state index contributed by atoms with van der Waals surface area (Å²) >= 11 is 0. The van der Waals surface area contributed by atoms with Gasteiger partial charge in [0.25, 0.3) is 0 Å². The van der Waals surface area contributed by atoms with Crippen molar-refractivity contribution in [2.45, 2.75) is 6.92 Å². The second-order valence-corrected chi connectivity index (χ2v) is 4.43. The Balaban J connectivity index is 2.48. The van der Waals surface area contributed by atoms with Crippen LogP contribution in [0.5, 0.6) is 0 Å². The van der Waals surface area contributed by atoms with Gasteiger partial charge in [0, 0.05) is 23.5 Å². The van der Waals surface area contributed by atoms with Crippen molar-refractivity contribution >= 4 is 23.0 Å². The van der Waals surface area contributed by atoms with Crippen LogP contribution in [0.25, 0.3) is 0 Å². The minimum Gasteiger partial charge on any atom is -0.478 e. The van der Waals surface area contributed by atoms with Crippen LogP contribution in [-0.4, -0.2) is 11.1 Å². The van der Waals surface area contributed by atoms with Gasteiger partial charge in [0.2, 0.25) is 0 Å². The highest BCUT2D eigenvalue weighted by molar-refractivity contribution is 5.96. The van der Waals surface area contributed by atoms with Crippen LogP contribution in [0.2, 0.25) is 0 Å². The Morgan fingerprint density at radius 1 is 1.14 bits per heavy atom. The van der Waals surface area contributed by atoms with Gasteiger partial charge in [-0.2, -0.15) is 0 Å². The fourth-order valence-corrected chi connectivity index (χ4v) is 1.85. The highest BCUT2D eigenvalue weighted by atomic mass is 19.1. The average molecular weight is 296 g/mol. The first-order valence-corrected chi connectivity index (χ1v) is 5.84. The van der Waals surface area contributed by atoms with Crippen molar-refractivity contribution in [2.75, 3.05) is 11.1 Å². The Kier molecular flexibility index (Phi) is 3.75. The molecule has 2 aromatic carbocycles. The van der Waals surface area contributed by atoms with Crippen LogP contribution in [-0.2, 0) is 0 Å². The summed E-state index contributed by atoms with van der Waals surface area (Å²) in [6.45, 7) is 1.56. The summed E-state index contributed by atoms with van der Waals surface area (Å²) < 4.78 is 39.9. The van der Waals surface area contributed by atoms with E-state index in [-0.39, 0.29) is 16.9 Å². The lowest BCUT2D eigenvalue weighted by atomic mass is 10.1. The smallest absolute Gasteiger partial charge is 0.337 e. The third kappa shape index (κ3) is 2.91. The zero-order valence-corrected chi connectivity index (χ0v) is 10.9. The van der Waals surface area contributed by atoms with Gasteiger partial charge in [0.05, 0.1) is 5.56 Å². The van der Waals surface area contributed by atoms with Crippen LogP contribution in [0.1, 0.15) is 15.9 Å². The molecule has 0 fully saturated rings. The van der Waals surface area contributed by atoms with Gasteiger partial charge in [-0.3, -0.25) is 0 Å². The molecule has 0 radical (unpaired) electrons. The fraction of sp³-hybridized carbons (Fsp3) is 0.0714. The summed E-state index contributed by atoms with van der Waals surface area (Å²) in [4.78, 5) is 11.1. The lowest BCUT2D eigenvalue weighted by Gasteiger charge is -2.12. The molecule has 0 saturated heterocycles. The summed E-state index contributed by atoms with van der Waals surface area (Å²) in [6.07, 6.45) is 0. The number of nitrogens with two attached hydrogens (primary N) is 1. The Bertz CT molecular complexity index is 709. The van der Waals surface area contributed by atoms with Gasteiger partial charge in [-0.1, -0.05) is 0 Å². The zero-order chi connectivity index (χ0) is 15.7. The summed E-state index contributed by atoms with van der Waals surface area (Å²) in [5, 5.41) is 11.4. The third-order valence-electron chi connectivity index (χ3n) is 2.89. The highest BCUT2D eigenvalue weighted by Gasteiger charge is 2.15. The molecule has 2 rings (SSSR count). The van der Waals surface area contributed by atoms with Crippen LogP contribution < -0.4 is 11.1 Å². The van der Waals surface area contributed by atoms with Crippen molar-refractivity contribution < 1.29 is 23.1 Å². The molecule has 0 aliphatic rings. The van der Waals surface area contributed by atoms with Crippen LogP contribution in [0, 0.1) is 24.4 Å². The summed E-state index contributed by atoms with van der Waals surface area (Å²) in [5.41, 5.74) is 5.47. The number of aromatic carboxylic acids is 1. The number of carboxylic acid groups (broad SMARTS) is 1. The molecule has 0 atom stereocenters. The van der Waals surface area contributed by atoms with E-state index in [1.54, 1.807) is 6.92 Å². The molecule has 0 saturated carbocycles. The van der Waals surface area contributed by atoms with Crippen molar-refractivity contribution in [3.8, 4) is 0 Å². The van der Waals surface area contributed by atoms with Crippen LogP contribution >= 0.6 is 0 Å². The van der Waals surface area contributed by atoms with Crippen LogP contribution in [0.4, 0.5) is 30.2 Å². The quantitative estimate of drug-likeness (QED) is 0.758. The van der Waals surface area contributed by atoms with E-state index in [4.69, 9.17) is 10.8 Å². The summed E-state index contributed by atoms with van der Waals surface area (Å²) in [5.74, 6) is -4.56. The summed E-state index contributed by atoms with van der Waals surface area (Å²) in [6, 6.07) is 3.62. The molecule has 21 heavy (non-hydrogen) atoms. The largest absolute Gasteiger partial charge is 0.478 e. The lowest BCUT2D eigenvalue weighted by Crippen LogP contribution is -2.06. The van der Waals surface area contributed by atoms with Gasteiger partial charge in [-0.25, -0.2) is 18.0 Å². The first kappa shape index (κ1) is 14.7. The van der Waals surface area contributed by atoms with Crippen molar-refractivity contribution in [3.63, 3.8) is 0 Å². The van der Waals surface area contributed by atoms with Crippen LogP contribution in [0.3, 0.4) is 0 Å². The molecular formula is C14H11F3N2O2. The van der Waals surface area contributed by atoms with Gasteiger partial charge in [0.1, 0.15) is 11.5 Å². The second-order valence-electron chi connectivity index (χ2n) is 4.43. The molecule has 0 bridgehead atoms. The third-order valence-corrected chi connectivity index (χ3v) is 2.89. The number of aryl methyl sites for hydroxylation is 1. The molecule has 0 aliphatic carbocycles. The van der Waals surface area contributed by atoms with Gasteiger partial charge >= 0.3 is 5.97 Å². The van der Waals surface area contributed by atoms with Crippen molar-refractivity contribution in [2.24, 2.45) is 0 Å². The van der Waals surface area contributed by atoms with Gasteiger partial charge in [0.15, 0.2) is 11.6 Å². The maximum absolute atomic E-state index is 13.6. The number of halogens is 3. The number of carbonyl (C=O) groups is 1. The van der Waals surface area contributed by atoms with Gasteiger partial charge in [-0.15, -0.1) is 0 Å². The number of nitrogen functional groups attached to an aromatic ring is 1. The van der Waals surface area contributed by atoms with Gasteiger partial charge < -0.3 is 16.2 Å². The molecule has 4 nitrogen and oxygen atoms in total. The Morgan fingerprint density at radius 2 is 1.71 bits per heavy atom. The van der Waals surface area contributed by atoms with E-state index >= 15 is 0 Å². The van der Waals surface area contributed by atoms with E-state index in [1.165, 1.54) is 6.07 Å². The normalized spacial score (nSPS) is 10.5. The van der Waals surface area contributed by atoms with Crippen molar-refractivity contribution in [1.82, 2.24) is 0 Å². The minimum atomic E-state index is -1.26. The number of anilines is 3. The standard InChI is InChI=1S/C14H11F3N2O2/c1-6-2-8(5-9(12(6)18)14(20)21)19-13-10(16)3-7(15)4-11(13)17/h2-5,19H,18H2,1H3,(H,20,21). The Morgan fingerprint density at radius 3 is 2.24 bits per heavy atom. The number of carboxylic acids is 1. The molecule has 0 aromatic heterocycles. The summed E-state index contributed by atoms with van der Waals surface area (Å²) in [7, 11) is 0. The van der Waals surface area contributed by atoms with Gasteiger partial charge in [-0.05, 0) is 24.6 Å². The number of rotatable bonds is 3. The predicted molar refractivity (Wildman–Crippen MR) is 72.1 cm³/mol. The first-order chi connectivity index (χ1) is 9.79. The number of nitrogens with one attached hydrogen (secondary N) is 1. The molecule has 110 valence electrons. The molecule has 0 amide bonds. The minimum absolute atomic E-state index is 0.0631. The molecule has 0 spiro atoms. The molecule has 4 N–H and O–H groups in total. The molecule has 2 aromatic rings. The Labute approximate surface area is 118 Å². The second kappa shape index (κ2) is 5.35. The van der Waals surface area contributed by atoms with E-state index in [0.717, 1.165) is 6.07 Å². The molecule has 0 unspecified atom stereocenters. The average Bonchev–Trinajstić information content (AvgIpc) is 2.37. The van der Waals surface area contributed by atoms with E-state index in [1.807, 2.05) is 0 Å². The molecular weight excluding hydrogens is 285 g/mol. The number of hydrogen-bond donors (Lipinski definition) is 3. The first-order valence-electron chi connectivity index (χ1n) is 5.84. The predicted octanol–water partition coefficient (Wildman–Crippen LogP) is 3.44. The topological polar surface area (TPSA) is 75.3 Å². The van der Waals surface area contributed by atoms with E-state index in [0.29, 0.717) is 17.7 Å². The molecule has 7 heteroatoms.